The molecule has 0 aliphatic rings. The molecule has 0 fully saturated rings. The first-order valence-corrected chi connectivity index (χ1v) is 13.0. The predicted octanol–water partition coefficient (Wildman–Crippen LogP) is 13.1. The molecule has 0 aromatic carbocycles. The molecule has 0 rings (SSSR count). The van der Waals surface area contributed by atoms with Crippen LogP contribution in [-0.2, 0) is 0 Å². The van der Waals surface area contributed by atoms with Crippen molar-refractivity contribution in [1.82, 2.24) is 0 Å². The van der Waals surface area contributed by atoms with Crippen LogP contribution in [0.4, 0.5) is 0 Å². The summed E-state index contributed by atoms with van der Waals surface area (Å²) in [5.74, 6) is 0. The average molecular weight is 485 g/mol. The van der Waals surface area contributed by atoms with Crippen LogP contribution in [0.1, 0.15) is 117 Å². The van der Waals surface area contributed by atoms with Gasteiger partial charge in [-0.3, -0.25) is 0 Å². The average Bonchev–Trinajstić information content (AvgIpc) is 2.87. The lowest BCUT2D eigenvalue weighted by Crippen LogP contribution is -1.63. The van der Waals surface area contributed by atoms with E-state index in [1.165, 1.54) is 28.7 Å². The Balaban J connectivity index is -0.0000000728. The Kier molecular flexibility index (Phi) is 64.4. The molecule has 0 radical (unpaired) electrons. The summed E-state index contributed by atoms with van der Waals surface area (Å²) < 4.78 is 0. The van der Waals surface area contributed by atoms with E-state index in [4.69, 9.17) is 0 Å². The highest BCUT2D eigenvalue weighted by atomic mass is 13.8. The predicted molar refractivity (Wildman–Crippen MR) is 173 cm³/mol. The number of hydrogen-bond acceptors (Lipinski definition) is 0. The summed E-state index contributed by atoms with van der Waals surface area (Å²) in [6.45, 7) is 32.9. The standard InChI is InChI=1S/2C7H12.C6H12.C6H10.C5H10.C4H8/c1-4-5-6-7(2)3;1-4-6-7(3)5-2;1-4-6(3)5-2;1-3-5-6-4-2;1-4-5(2)3;1-3-4-2/h2*4-6H,1-3H3;4H,5H2,1-3H3;3-6H,1-2H3;4H,1-3H3;3-4H,1-2H3. The Bertz CT molecular complexity index is 614. The SMILES string of the molecule is CC=C(C)C.CC=C(C)CC.CC=CC.CC=CC(C)=CC.CC=CC=C(C)C.CC=CC=CC. The van der Waals surface area contributed by atoms with E-state index in [0.29, 0.717) is 0 Å². The van der Waals surface area contributed by atoms with Crippen LogP contribution < -0.4 is 0 Å². The second-order valence-electron chi connectivity index (χ2n) is 7.88. The second kappa shape index (κ2) is 48.9. The van der Waals surface area contributed by atoms with E-state index < -0.39 is 0 Å². The topological polar surface area (TPSA) is 0 Å². The molecule has 0 unspecified atom stereocenters. The first kappa shape index (κ1) is 46.1. The van der Waals surface area contributed by atoms with Crippen molar-refractivity contribution in [3.8, 4) is 0 Å². The Morgan fingerprint density at radius 3 is 0.943 bits per heavy atom. The lowest BCUT2D eigenvalue weighted by atomic mass is 10.2. The van der Waals surface area contributed by atoms with Crippen molar-refractivity contribution in [2.24, 2.45) is 0 Å². The normalized spacial score (nSPS) is 10.7. The van der Waals surface area contributed by atoms with Crippen molar-refractivity contribution >= 4 is 0 Å². The van der Waals surface area contributed by atoms with Gasteiger partial charge in [-0.1, -0.05) is 114 Å². The van der Waals surface area contributed by atoms with Crippen molar-refractivity contribution in [1.29, 1.82) is 0 Å². The highest BCUT2D eigenvalue weighted by molar-refractivity contribution is 5.13. The smallest absolute Gasteiger partial charge is 0.0352 e. The summed E-state index contributed by atoms with van der Waals surface area (Å²) in [7, 11) is 0. The van der Waals surface area contributed by atoms with Crippen LogP contribution >= 0.6 is 0 Å². The van der Waals surface area contributed by atoms with Crippen molar-refractivity contribution in [3.05, 3.63) is 107 Å². The summed E-state index contributed by atoms with van der Waals surface area (Å²) in [6, 6.07) is 0. The van der Waals surface area contributed by atoms with E-state index in [0.717, 1.165) is 0 Å². The van der Waals surface area contributed by atoms with E-state index >= 15 is 0 Å². The van der Waals surface area contributed by atoms with Crippen LogP contribution in [0.15, 0.2) is 107 Å². The van der Waals surface area contributed by atoms with E-state index in [9.17, 15) is 0 Å². The van der Waals surface area contributed by atoms with Gasteiger partial charge in [0.2, 0.25) is 0 Å². The first-order valence-electron chi connectivity index (χ1n) is 13.0. The fourth-order valence-electron chi connectivity index (χ4n) is 1.07. The molecule has 0 nitrogen and oxygen atoms in total. The molecule has 0 atom stereocenters. The van der Waals surface area contributed by atoms with Crippen LogP contribution in [0, 0.1) is 0 Å². The minimum atomic E-state index is 1.19. The van der Waals surface area contributed by atoms with E-state index in [-0.39, 0.29) is 0 Å². The molecule has 0 aromatic rings. The summed E-state index contributed by atoms with van der Waals surface area (Å²) in [6.07, 6.45) is 29.8. The maximum Gasteiger partial charge on any atom is -0.0352 e. The molecule has 0 spiro atoms. The maximum absolute atomic E-state index is 2.16. The minimum Gasteiger partial charge on any atom is -0.0919 e. The molecule has 0 aromatic heterocycles. The third kappa shape index (κ3) is 100. The lowest BCUT2D eigenvalue weighted by Gasteiger charge is -1.85. The minimum absolute atomic E-state index is 1.19. The van der Waals surface area contributed by atoms with Crippen LogP contribution in [-0.4, -0.2) is 0 Å². The van der Waals surface area contributed by atoms with Crippen LogP contribution in [0.3, 0.4) is 0 Å². The molecule has 35 heavy (non-hydrogen) atoms. The second-order valence-corrected chi connectivity index (χ2v) is 7.88. The molecule has 0 heterocycles. The van der Waals surface area contributed by atoms with Gasteiger partial charge >= 0.3 is 0 Å². The van der Waals surface area contributed by atoms with Gasteiger partial charge in [-0.2, -0.15) is 0 Å². The monoisotopic (exact) mass is 485 g/mol. The molecule has 0 saturated carbocycles. The van der Waals surface area contributed by atoms with Crippen molar-refractivity contribution in [2.75, 3.05) is 0 Å². The van der Waals surface area contributed by atoms with E-state index in [1.807, 2.05) is 110 Å². The molecule has 0 heteroatoms. The zero-order valence-electron chi connectivity index (χ0n) is 26.8. The van der Waals surface area contributed by atoms with Gasteiger partial charge in [0.15, 0.2) is 0 Å². The van der Waals surface area contributed by atoms with Crippen LogP contribution in [0.2, 0.25) is 0 Å². The highest BCUT2D eigenvalue weighted by Gasteiger charge is 1.73. The van der Waals surface area contributed by atoms with Gasteiger partial charge in [0.05, 0.1) is 0 Å². The largest absolute Gasteiger partial charge is 0.0919 e. The Morgan fingerprint density at radius 1 is 0.457 bits per heavy atom. The molecule has 0 N–H and O–H groups in total. The summed E-state index contributed by atoms with van der Waals surface area (Å²) in [4.78, 5) is 0. The van der Waals surface area contributed by atoms with Gasteiger partial charge in [-0.15, -0.1) is 0 Å². The van der Waals surface area contributed by atoms with Gasteiger partial charge in [-0.05, 0) is 110 Å². The maximum atomic E-state index is 2.16. The quantitative estimate of drug-likeness (QED) is 0.275. The number of allylic oxidation sites excluding steroid dienone is 18. The van der Waals surface area contributed by atoms with Gasteiger partial charge in [0.1, 0.15) is 0 Å². The third-order valence-corrected chi connectivity index (χ3v) is 3.96. The van der Waals surface area contributed by atoms with Gasteiger partial charge in [-0.25, -0.2) is 0 Å². The molecular formula is C35H64. The van der Waals surface area contributed by atoms with Crippen molar-refractivity contribution < 1.29 is 0 Å². The lowest BCUT2D eigenvalue weighted by molar-refractivity contribution is 1.09. The van der Waals surface area contributed by atoms with Crippen LogP contribution in [0.5, 0.6) is 0 Å². The van der Waals surface area contributed by atoms with Gasteiger partial charge < -0.3 is 0 Å². The number of rotatable bonds is 4. The zero-order valence-corrected chi connectivity index (χ0v) is 26.8. The first-order chi connectivity index (χ1) is 16.5. The molecule has 0 amide bonds. The Morgan fingerprint density at radius 2 is 0.857 bits per heavy atom. The van der Waals surface area contributed by atoms with E-state index in [1.54, 1.807) is 0 Å². The highest BCUT2D eigenvalue weighted by Crippen LogP contribution is 1.94. The van der Waals surface area contributed by atoms with Gasteiger partial charge in [0, 0.05) is 0 Å². The Hall–Kier alpha value is -2.34. The third-order valence-electron chi connectivity index (χ3n) is 3.96. The molecule has 0 bridgehead atoms. The summed E-state index contributed by atoms with van der Waals surface area (Å²) >= 11 is 0. The molecule has 204 valence electrons. The molecular weight excluding hydrogens is 420 g/mol. The van der Waals surface area contributed by atoms with Crippen molar-refractivity contribution in [3.63, 3.8) is 0 Å². The zero-order chi connectivity index (χ0) is 28.9. The number of hydrogen-bond donors (Lipinski definition) is 0. The molecule has 0 saturated heterocycles. The summed E-state index contributed by atoms with van der Waals surface area (Å²) in [5.41, 5.74) is 5.51. The Labute approximate surface area is 224 Å². The molecule has 0 aliphatic carbocycles. The fourth-order valence-corrected chi connectivity index (χ4v) is 1.07. The van der Waals surface area contributed by atoms with Gasteiger partial charge in [0.25, 0.3) is 0 Å². The molecule has 0 aliphatic heterocycles. The summed E-state index contributed by atoms with van der Waals surface area (Å²) in [5, 5.41) is 0. The van der Waals surface area contributed by atoms with E-state index in [2.05, 4.69) is 85.8 Å². The van der Waals surface area contributed by atoms with Crippen molar-refractivity contribution in [2.45, 2.75) is 117 Å². The fraction of sp³-hybridized carbons (Fsp3) is 0.486. The van der Waals surface area contributed by atoms with Crippen LogP contribution in [0.25, 0.3) is 0 Å².